The van der Waals surface area contributed by atoms with Crippen molar-refractivity contribution in [2.45, 2.75) is 13.2 Å². The molecule has 0 radical (unpaired) electrons. The number of hydrogen-bond acceptors (Lipinski definition) is 4. The van der Waals surface area contributed by atoms with Crippen LogP contribution in [-0.2, 0) is 17.9 Å². The van der Waals surface area contributed by atoms with E-state index in [2.05, 4.69) is 9.88 Å². The second-order valence-electron chi connectivity index (χ2n) is 3.68. The predicted octanol–water partition coefficient (Wildman–Crippen LogP) is 0.618. The van der Waals surface area contributed by atoms with E-state index in [-0.39, 0.29) is 0 Å². The molecule has 4 nitrogen and oxygen atoms in total. The highest BCUT2D eigenvalue weighted by Gasteiger charge is 1.97. The van der Waals surface area contributed by atoms with Crippen molar-refractivity contribution in [1.29, 1.82) is 0 Å². The summed E-state index contributed by atoms with van der Waals surface area (Å²) in [6.07, 6.45) is 0. The molecule has 0 saturated carbocycles. The third-order valence-electron chi connectivity index (χ3n) is 2.01. The van der Waals surface area contributed by atoms with E-state index in [1.807, 2.05) is 32.3 Å². The summed E-state index contributed by atoms with van der Waals surface area (Å²) in [6.45, 7) is 2.69. The second kappa shape index (κ2) is 6.50. The zero-order valence-electron chi connectivity index (χ0n) is 9.44. The first-order valence-electron chi connectivity index (χ1n) is 5.09. The number of rotatable bonds is 6. The van der Waals surface area contributed by atoms with Gasteiger partial charge < -0.3 is 15.4 Å². The molecule has 0 unspecified atom stereocenters. The zero-order chi connectivity index (χ0) is 11.1. The molecule has 0 fully saturated rings. The van der Waals surface area contributed by atoms with Crippen molar-refractivity contribution in [3.8, 4) is 0 Å². The van der Waals surface area contributed by atoms with Crippen LogP contribution >= 0.6 is 0 Å². The molecule has 15 heavy (non-hydrogen) atoms. The van der Waals surface area contributed by atoms with Crippen molar-refractivity contribution in [2.75, 3.05) is 27.2 Å². The number of pyridine rings is 1. The molecule has 84 valence electrons. The van der Waals surface area contributed by atoms with Gasteiger partial charge in [0.2, 0.25) is 0 Å². The maximum Gasteiger partial charge on any atom is 0.0888 e. The van der Waals surface area contributed by atoms with Gasteiger partial charge in [-0.25, -0.2) is 0 Å². The number of nitrogens with zero attached hydrogens (tertiary/aromatic N) is 2. The number of aromatic nitrogens is 1. The van der Waals surface area contributed by atoms with Crippen LogP contribution in [0.5, 0.6) is 0 Å². The number of ether oxygens (including phenoxy) is 1. The van der Waals surface area contributed by atoms with Gasteiger partial charge >= 0.3 is 0 Å². The van der Waals surface area contributed by atoms with Gasteiger partial charge in [-0.05, 0) is 26.2 Å². The maximum atomic E-state index is 5.50. The molecule has 0 saturated heterocycles. The Hall–Kier alpha value is -0.970. The van der Waals surface area contributed by atoms with Crippen LogP contribution in [-0.4, -0.2) is 37.1 Å². The van der Waals surface area contributed by atoms with Crippen molar-refractivity contribution in [3.63, 3.8) is 0 Å². The van der Waals surface area contributed by atoms with E-state index < -0.39 is 0 Å². The van der Waals surface area contributed by atoms with E-state index in [0.29, 0.717) is 13.2 Å². The SMILES string of the molecule is CN(C)CCOCc1cccc(CN)n1. The van der Waals surface area contributed by atoms with E-state index >= 15 is 0 Å². The van der Waals surface area contributed by atoms with Crippen LogP contribution in [0.1, 0.15) is 11.4 Å². The molecule has 1 aromatic rings. The Balaban J connectivity index is 2.30. The topological polar surface area (TPSA) is 51.4 Å². The van der Waals surface area contributed by atoms with Crippen LogP contribution in [0.3, 0.4) is 0 Å². The average Bonchev–Trinajstić information content (AvgIpc) is 2.24. The molecule has 1 rings (SSSR count). The summed E-state index contributed by atoms with van der Waals surface area (Å²) in [6, 6.07) is 5.83. The van der Waals surface area contributed by atoms with Crippen LogP contribution in [0, 0.1) is 0 Å². The summed E-state index contributed by atoms with van der Waals surface area (Å²) in [5.74, 6) is 0. The first-order valence-corrected chi connectivity index (χ1v) is 5.09. The number of likely N-dealkylation sites (N-methyl/N-ethyl adjacent to an activating group) is 1. The van der Waals surface area contributed by atoms with Crippen LogP contribution in [0.2, 0.25) is 0 Å². The molecular formula is C11H19N3O. The molecular weight excluding hydrogens is 190 g/mol. The summed E-state index contributed by atoms with van der Waals surface area (Å²) in [7, 11) is 4.05. The molecule has 0 atom stereocenters. The van der Waals surface area contributed by atoms with Gasteiger partial charge in [0.15, 0.2) is 0 Å². The molecule has 0 aliphatic rings. The third-order valence-corrected chi connectivity index (χ3v) is 2.01. The van der Waals surface area contributed by atoms with Gasteiger partial charge in [-0.3, -0.25) is 4.98 Å². The molecule has 0 aliphatic heterocycles. The Morgan fingerprint density at radius 3 is 2.73 bits per heavy atom. The fraction of sp³-hybridized carbons (Fsp3) is 0.545. The standard InChI is InChI=1S/C11H19N3O/c1-14(2)6-7-15-9-11-5-3-4-10(8-12)13-11/h3-5H,6-9,12H2,1-2H3. The lowest BCUT2D eigenvalue weighted by molar-refractivity contribution is 0.103. The Morgan fingerprint density at radius 2 is 2.07 bits per heavy atom. The lowest BCUT2D eigenvalue weighted by Crippen LogP contribution is -2.18. The Labute approximate surface area is 91.1 Å². The summed E-state index contributed by atoms with van der Waals surface area (Å²) in [5.41, 5.74) is 7.35. The summed E-state index contributed by atoms with van der Waals surface area (Å²) in [4.78, 5) is 6.43. The quantitative estimate of drug-likeness (QED) is 0.698. The number of nitrogens with two attached hydrogens (primary N) is 1. The Morgan fingerprint density at radius 1 is 1.33 bits per heavy atom. The first kappa shape index (κ1) is 12.1. The van der Waals surface area contributed by atoms with Gasteiger partial charge in [0.1, 0.15) is 0 Å². The lowest BCUT2D eigenvalue weighted by Gasteiger charge is -2.09. The highest BCUT2D eigenvalue weighted by atomic mass is 16.5. The lowest BCUT2D eigenvalue weighted by atomic mass is 10.3. The Kier molecular flexibility index (Phi) is 5.25. The highest BCUT2D eigenvalue weighted by molar-refractivity contribution is 5.10. The van der Waals surface area contributed by atoms with Crippen LogP contribution in [0.15, 0.2) is 18.2 Å². The summed E-state index contributed by atoms with van der Waals surface area (Å²) in [5, 5.41) is 0. The monoisotopic (exact) mass is 209 g/mol. The summed E-state index contributed by atoms with van der Waals surface area (Å²) >= 11 is 0. The van der Waals surface area contributed by atoms with E-state index in [4.69, 9.17) is 10.5 Å². The van der Waals surface area contributed by atoms with Crippen molar-refractivity contribution in [3.05, 3.63) is 29.6 Å². The van der Waals surface area contributed by atoms with E-state index in [1.165, 1.54) is 0 Å². The van der Waals surface area contributed by atoms with E-state index in [1.54, 1.807) is 0 Å². The molecule has 0 aromatic carbocycles. The van der Waals surface area contributed by atoms with Gasteiger partial charge in [-0.1, -0.05) is 6.07 Å². The molecule has 0 spiro atoms. The van der Waals surface area contributed by atoms with Crippen molar-refractivity contribution >= 4 is 0 Å². The zero-order valence-corrected chi connectivity index (χ0v) is 9.44. The van der Waals surface area contributed by atoms with E-state index in [9.17, 15) is 0 Å². The molecule has 1 aromatic heterocycles. The Bertz CT molecular complexity index is 289. The average molecular weight is 209 g/mol. The van der Waals surface area contributed by atoms with Gasteiger partial charge in [-0.2, -0.15) is 0 Å². The van der Waals surface area contributed by atoms with Crippen molar-refractivity contribution in [2.24, 2.45) is 5.73 Å². The fourth-order valence-corrected chi connectivity index (χ4v) is 1.15. The third kappa shape index (κ3) is 4.88. The van der Waals surface area contributed by atoms with E-state index in [0.717, 1.165) is 24.5 Å². The smallest absolute Gasteiger partial charge is 0.0888 e. The molecule has 0 amide bonds. The molecule has 0 aliphatic carbocycles. The minimum Gasteiger partial charge on any atom is -0.374 e. The van der Waals surface area contributed by atoms with Crippen LogP contribution < -0.4 is 5.73 Å². The molecule has 0 bridgehead atoms. The van der Waals surface area contributed by atoms with Crippen molar-refractivity contribution < 1.29 is 4.74 Å². The second-order valence-corrected chi connectivity index (χ2v) is 3.68. The minimum absolute atomic E-state index is 0.478. The largest absolute Gasteiger partial charge is 0.374 e. The summed E-state index contributed by atoms with van der Waals surface area (Å²) < 4.78 is 5.49. The van der Waals surface area contributed by atoms with Crippen LogP contribution in [0.4, 0.5) is 0 Å². The predicted molar refractivity (Wildman–Crippen MR) is 60.3 cm³/mol. The maximum absolute atomic E-state index is 5.50. The van der Waals surface area contributed by atoms with Crippen molar-refractivity contribution in [1.82, 2.24) is 9.88 Å². The normalized spacial score (nSPS) is 10.9. The van der Waals surface area contributed by atoms with Gasteiger partial charge in [-0.15, -0.1) is 0 Å². The molecule has 1 heterocycles. The molecule has 4 heteroatoms. The number of hydrogen-bond donors (Lipinski definition) is 1. The van der Waals surface area contributed by atoms with Gasteiger partial charge in [0, 0.05) is 13.1 Å². The highest BCUT2D eigenvalue weighted by Crippen LogP contribution is 2.00. The van der Waals surface area contributed by atoms with Gasteiger partial charge in [0.05, 0.1) is 24.6 Å². The molecule has 2 N–H and O–H groups in total. The van der Waals surface area contributed by atoms with Gasteiger partial charge in [0.25, 0.3) is 0 Å². The van der Waals surface area contributed by atoms with Crippen LogP contribution in [0.25, 0.3) is 0 Å². The first-order chi connectivity index (χ1) is 7.22. The minimum atomic E-state index is 0.478. The fourth-order valence-electron chi connectivity index (χ4n) is 1.15.